The summed E-state index contributed by atoms with van der Waals surface area (Å²) < 4.78 is 41.0. The maximum atomic E-state index is 15.0. The fourth-order valence-corrected chi connectivity index (χ4v) is 5.24. The van der Waals surface area contributed by atoms with Crippen LogP contribution in [0.15, 0.2) is 54.6 Å². The number of hydrogen-bond donors (Lipinski definition) is 1. The Kier molecular flexibility index (Phi) is 9.90. The van der Waals surface area contributed by atoms with E-state index < -0.39 is 11.8 Å². The molecule has 0 radical (unpaired) electrons. The van der Waals surface area contributed by atoms with E-state index in [1.54, 1.807) is 37.4 Å². The van der Waals surface area contributed by atoms with Gasteiger partial charge in [0.15, 0.2) is 11.6 Å². The SMILES string of the molecule is CC.COc1ccc(F)c(-c2ccc(COc3cccc(CCC(=O)O)c3F)cc2C2CCCC2(C)C)c1. The molecule has 1 atom stereocenters. The van der Waals surface area contributed by atoms with Crippen LogP contribution in [0.1, 0.15) is 76.0 Å². The van der Waals surface area contributed by atoms with Crippen LogP contribution in [0.4, 0.5) is 8.78 Å². The Bertz CT molecular complexity index is 1250. The second kappa shape index (κ2) is 12.9. The van der Waals surface area contributed by atoms with E-state index in [0.717, 1.165) is 36.0 Å². The van der Waals surface area contributed by atoms with Crippen molar-refractivity contribution in [1.82, 2.24) is 0 Å². The Morgan fingerprint density at radius 1 is 1.05 bits per heavy atom. The molecule has 0 saturated heterocycles. The van der Waals surface area contributed by atoms with Gasteiger partial charge < -0.3 is 14.6 Å². The molecular weight excluding hydrogens is 486 g/mol. The minimum atomic E-state index is -0.976. The van der Waals surface area contributed by atoms with Gasteiger partial charge in [-0.2, -0.15) is 0 Å². The number of methoxy groups -OCH3 is 1. The lowest BCUT2D eigenvalue weighted by Crippen LogP contribution is -2.17. The summed E-state index contributed by atoms with van der Waals surface area (Å²) in [5, 5.41) is 8.91. The van der Waals surface area contributed by atoms with Gasteiger partial charge in [0.05, 0.1) is 7.11 Å². The summed E-state index contributed by atoms with van der Waals surface area (Å²) in [6.45, 7) is 8.63. The molecule has 0 heterocycles. The Morgan fingerprint density at radius 2 is 1.82 bits per heavy atom. The van der Waals surface area contributed by atoms with E-state index in [0.29, 0.717) is 16.9 Å². The molecule has 1 aliphatic rings. The van der Waals surface area contributed by atoms with Gasteiger partial charge in [0, 0.05) is 12.0 Å². The van der Waals surface area contributed by atoms with Crippen LogP contribution in [0.5, 0.6) is 11.5 Å². The molecule has 3 aromatic rings. The fourth-order valence-electron chi connectivity index (χ4n) is 5.24. The zero-order valence-electron chi connectivity index (χ0n) is 22.9. The number of carbonyl (C=O) groups is 1. The Morgan fingerprint density at radius 3 is 2.47 bits per heavy atom. The van der Waals surface area contributed by atoms with Gasteiger partial charge in [0.25, 0.3) is 0 Å². The first-order chi connectivity index (χ1) is 18.2. The van der Waals surface area contributed by atoms with Gasteiger partial charge in [0.1, 0.15) is 18.2 Å². The highest BCUT2D eigenvalue weighted by Gasteiger charge is 2.37. The highest BCUT2D eigenvalue weighted by atomic mass is 19.1. The highest BCUT2D eigenvalue weighted by molar-refractivity contribution is 5.71. The van der Waals surface area contributed by atoms with E-state index in [1.807, 2.05) is 26.0 Å². The lowest BCUT2D eigenvalue weighted by molar-refractivity contribution is -0.136. The third kappa shape index (κ3) is 6.72. The van der Waals surface area contributed by atoms with E-state index in [9.17, 15) is 13.6 Å². The van der Waals surface area contributed by atoms with Gasteiger partial charge in [-0.05, 0) is 77.1 Å². The molecule has 0 amide bonds. The molecule has 0 aliphatic heterocycles. The van der Waals surface area contributed by atoms with Crippen LogP contribution in [0.25, 0.3) is 11.1 Å². The maximum absolute atomic E-state index is 15.0. The largest absolute Gasteiger partial charge is 0.497 e. The lowest BCUT2D eigenvalue weighted by atomic mass is 9.75. The highest BCUT2D eigenvalue weighted by Crippen LogP contribution is 2.51. The number of carboxylic acid groups (broad SMARTS) is 1. The first kappa shape index (κ1) is 29.2. The molecule has 3 aromatic carbocycles. The molecule has 0 bridgehead atoms. The number of rotatable bonds is 9. The molecule has 1 unspecified atom stereocenters. The Balaban J connectivity index is 0.00000195. The fraction of sp³-hybridized carbons (Fsp3) is 0.406. The number of hydrogen-bond acceptors (Lipinski definition) is 3. The summed E-state index contributed by atoms with van der Waals surface area (Å²) in [6, 6.07) is 15.4. The zero-order valence-corrected chi connectivity index (χ0v) is 22.9. The Labute approximate surface area is 224 Å². The molecule has 4 rings (SSSR count). The molecular formula is C32H38F2O4. The van der Waals surface area contributed by atoms with Crippen LogP contribution in [0.2, 0.25) is 0 Å². The number of halogens is 2. The first-order valence-corrected chi connectivity index (χ1v) is 13.3. The van der Waals surface area contributed by atoms with Crippen LogP contribution < -0.4 is 9.47 Å². The third-order valence-corrected chi connectivity index (χ3v) is 7.26. The number of aryl methyl sites for hydroxylation is 1. The summed E-state index contributed by atoms with van der Waals surface area (Å²) in [5.41, 5.74) is 3.62. The topological polar surface area (TPSA) is 55.8 Å². The quantitative estimate of drug-likeness (QED) is 0.305. The van der Waals surface area contributed by atoms with Crippen molar-refractivity contribution in [3.63, 3.8) is 0 Å². The smallest absolute Gasteiger partial charge is 0.303 e. The number of benzene rings is 3. The van der Waals surface area contributed by atoms with Crippen LogP contribution in [-0.4, -0.2) is 18.2 Å². The first-order valence-electron chi connectivity index (χ1n) is 13.3. The standard InChI is InChI=1S/C30H32F2O4.C2H6/c1-30(2)15-5-7-25(30)23-16-19(9-12-22(23)24-17-21(35-3)11-13-26(24)31)18-36-27-8-4-6-20(29(27)32)10-14-28(33)34;1-2/h4,6,8-9,11-13,16-17,25H,5,7,10,14-15,18H2,1-3H3,(H,33,34);1-2H3. The average molecular weight is 525 g/mol. The molecule has 6 heteroatoms. The van der Waals surface area contributed by atoms with Gasteiger partial charge in [-0.3, -0.25) is 4.79 Å². The van der Waals surface area contributed by atoms with Crippen LogP contribution >= 0.6 is 0 Å². The third-order valence-electron chi connectivity index (χ3n) is 7.26. The second-order valence-corrected chi connectivity index (χ2v) is 10.1. The van der Waals surface area contributed by atoms with Crippen LogP contribution in [0, 0.1) is 17.0 Å². The minimum absolute atomic E-state index is 0.0636. The summed E-state index contributed by atoms with van der Waals surface area (Å²) in [5.74, 6) is -0.898. The van der Waals surface area contributed by atoms with Crippen molar-refractivity contribution in [1.29, 1.82) is 0 Å². The van der Waals surface area contributed by atoms with Crippen molar-refractivity contribution in [2.24, 2.45) is 5.41 Å². The predicted molar refractivity (Wildman–Crippen MR) is 147 cm³/mol. The monoisotopic (exact) mass is 524 g/mol. The van der Waals surface area contributed by atoms with Gasteiger partial charge in [-0.25, -0.2) is 8.78 Å². The maximum Gasteiger partial charge on any atom is 0.303 e. The summed E-state index contributed by atoms with van der Waals surface area (Å²) in [7, 11) is 1.56. The van der Waals surface area contributed by atoms with E-state index in [1.165, 1.54) is 6.07 Å². The molecule has 1 saturated carbocycles. The molecule has 0 aromatic heterocycles. The van der Waals surface area contributed by atoms with Crippen molar-refractivity contribution in [2.45, 2.75) is 72.3 Å². The van der Waals surface area contributed by atoms with Crippen molar-refractivity contribution < 1.29 is 28.2 Å². The second-order valence-electron chi connectivity index (χ2n) is 10.1. The van der Waals surface area contributed by atoms with Crippen molar-refractivity contribution in [2.75, 3.05) is 7.11 Å². The van der Waals surface area contributed by atoms with E-state index in [2.05, 4.69) is 19.9 Å². The van der Waals surface area contributed by atoms with Gasteiger partial charge in [-0.1, -0.05) is 64.4 Å². The predicted octanol–water partition coefficient (Wildman–Crippen LogP) is 8.56. The molecule has 1 aliphatic carbocycles. The van der Waals surface area contributed by atoms with Crippen LogP contribution in [0.3, 0.4) is 0 Å². The normalized spacial score (nSPS) is 15.9. The molecule has 38 heavy (non-hydrogen) atoms. The zero-order chi connectivity index (χ0) is 27.9. The summed E-state index contributed by atoms with van der Waals surface area (Å²) in [6.07, 6.45) is 3.15. The van der Waals surface area contributed by atoms with Crippen LogP contribution in [-0.2, 0) is 17.8 Å². The molecule has 0 spiro atoms. The molecule has 4 nitrogen and oxygen atoms in total. The molecule has 204 valence electrons. The van der Waals surface area contributed by atoms with Crippen molar-refractivity contribution >= 4 is 5.97 Å². The summed E-state index contributed by atoms with van der Waals surface area (Å²) >= 11 is 0. The summed E-state index contributed by atoms with van der Waals surface area (Å²) in [4.78, 5) is 10.9. The Hall–Kier alpha value is -3.41. The van der Waals surface area contributed by atoms with Crippen molar-refractivity contribution in [3.05, 3.63) is 82.9 Å². The minimum Gasteiger partial charge on any atom is -0.497 e. The lowest BCUT2D eigenvalue weighted by Gasteiger charge is -2.30. The van der Waals surface area contributed by atoms with E-state index in [4.69, 9.17) is 14.6 Å². The number of carboxylic acids is 1. The van der Waals surface area contributed by atoms with Crippen molar-refractivity contribution in [3.8, 4) is 22.6 Å². The van der Waals surface area contributed by atoms with Gasteiger partial charge in [0.2, 0.25) is 0 Å². The van der Waals surface area contributed by atoms with Gasteiger partial charge >= 0.3 is 5.97 Å². The average Bonchev–Trinajstić information content (AvgIpc) is 3.27. The number of ether oxygens (including phenoxy) is 2. The molecule has 1 N–H and O–H groups in total. The van der Waals surface area contributed by atoms with E-state index >= 15 is 0 Å². The molecule has 1 fully saturated rings. The van der Waals surface area contributed by atoms with Gasteiger partial charge in [-0.15, -0.1) is 0 Å². The number of aliphatic carboxylic acids is 1. The van der Waals surface area contributed by atoms with E-state index in [-0.39, 0.29) is 42.3 Å².